The maximum Gasteiger partial charge on any atom is 0.326 e. The molecular formula is C19H23N3O3. The van der Waals surface area contributed by atoms with Crippen molar-refractivity contribution in [2.24, 2.45) is 5.92 Å². The van der Waals surface area contributed by atoms with Gasteiger partial charge < -0.3 is 15.4 Å². The van der Waals surface area contributed by atoms with Crippen LogP contribution in [0.4, 0.5) is 0 Å². The number of nitrogens with zero attached hydrogens (tertiary/aromatic N) is 1. The number of aromatic amines is 1. The molecule has 1 aromatic carbocycles. The molecule has 6 heteroatoms. The molecule has 1 heterocycles. The van der Waals surface area contributed by atoms with E-state index in [2.05, 4.69) is 15.3 Å². The van der Waals surface area contributed by atoms with E-state index < -0.39 is 12.0 Å². The number of benzene rings is 1. The Morgan fingerprint density at radius 3 is 2.56 bits per heavy atom. The summed E-state index contributed by atoms with van der Waals surface area (Å²) in [7, 11) is 0. The minimum atomic E-state index is -1.04. The SMILES string of the molecule is O=C(O)C(Cc1cnc[nH]1)NC(=O)C(c1ccccc1)C1CCCC1. The summed E-state index contributed by atoms with van der Waals surface area (Å²) >= 11 is 0. The molecule has 0 radical (unpaired) electrons. The summed E-state index contributed by atoms with van der Waals surface area (Å²) in [6.07, 6.45) is 7.52. The van der Waals surface area contributed by atoms with Crippen LogP contribution in [0.25, 0.3) is 0 Å². The topological polar surface area (TPSA) is 95.1 Å². The fourth-order valence-electron chi connectivity index (χ4n) is 3.67. The lowest BCUT2D eigenvalue weighted by Crippen LogP contribution is -2.45. The van der Waals surface area contributed by atoms with Crippen molar-refractivity contribution in [3.05, 3.63) is 54.1 Å². The predicted molar refractivity (Wildman–Crippen MR) is 93.0 cm³/mol. The molecule has 6 nitrogen and oxygen atoms in total. The van der Waals surface area contributed by atoms with Crippen molar-refractivity contribution in [2.45, 2.75) is 44.1 Å². The van der Waals surface area contributed by atoms with E-state index in [0.717, 1.165) is 31.2 Å². The second kappa shape index (κ2) is 7.96. The summed E-state index contributed by atoms with van der Waals surface area (Å²) in [5, 5.41) is 12.2. The smallest absolute Gasteiger partial charge is 0.326 e. The van der Waals surface area contributed by atoms with Gasteiger partial charge in [-0.15, -0.1) is 0 Å². The molecule has 25 heavy (non-hydrogen) atoms. The number of nitrogens with one attached hydrogen (secondary N) is 2. The average molecular weight is 341 g/mol. The number of imidazole rings is 1. The standard InChI is InChI=1S/C19H23N3O3/c23-18(22-16(19(24)25)10-15-11-20-12-21-15)17(14-8-4-5-9-14)13-6-2-1-3-7-13/h1-3,6-7,11-12,14,16-17H,4-5,8-10H2,(H,20,21)(H,22,23)(H,24,25). The van der Waals surface area contributed by atoms with Crippen LogP contribution in [0, 0.1) is 5.92 Å². The molecule has 3 N–H and O–H groups in total. The summed E-state index contributed by atoms with van der Waals surface area (Å²) in [5.41, 5.74) is 1.64. The quantitative estimate of drug-likeness (QED) is 0.721. The number of hydrogen-bond donors (Lipinski definition) is 3. The summed E-state index contributed by atoms with van der Waals surface area (Å²) in [4.78, 5) is 31.4. The molecule has 1 fully saturated rings. The Bertz CT molecular complexity index is 694. The van der Waals surface area contributed by atoms with E-state index in [-0.39, 0.29) is 24.2 Å². The number of aliphatic carboxylic acids is 1. The third-order valence-corrected chi connectivity index (χ3v) is 4.91. The first-order chi connectivity index (χ1) is 12.1. The number of carboxylic acids is 1. The molecular weight excluding hydrogens is 318 g/mol. The van der Waals surface area contributed by atoms with Crippen molar-refractivity contribution in [3.8, 4) is 0 Å². The molecule has 1 aliphatic rings. The molecule has 0 aliphatic heterocycles. The van der Waals surface area contributed by atoms with E-state index in [1.165, 1.54) is 6.33 Å². The molecule has 132 valence electrons. The highest BCUT2D eigenvalue weighted by atomic mass is 16.4. The van der Waals surface area contributed by atoms with Crippen LogP contribution < -0.4 is 5.32 Å². The van der Waals surface area contributed by atoms with Crippen molar-refractivity contribution in [1.29, 1.82) is 0 Å². The second-order valence-electron chi connectivity index (χ2n) is 6.61. The van der Waals surface area contributed by atoms with Crippen LogP contribution in [-0.2, 0) is 16.0 Å². The van der Waals surface area contributed by atoms with Gasteiger partial charge in [-0.05, 0) is 24.3 Å². The van der Waals surface area contributed by atoms with E-state index in [9.17, 15) is 14.7 Å². The first-order valence-corrected chi connectivity index (χ1v) is 8.70. The van der Waals surface area contributed by atoms with Crippen LogP contribution in [0.2, 0.25) is 0 Å². The van der Waals surface area contributed by atoms with Crippen LogP contribution in [0.5, 0.6) is 0 Å². The molecule has 2 atom stereocenters. The van der Waals surface area contributed by atoms with E-state index >= 15 is 0 Å². The molecule has 0 saturated heterocycles. The minimum absolute atomic E-state index is 0.188. The van der Waals surface area contributed by atoms with Gasteiger partial charge in [-0.2, -0.15) is 0 Å². The van der Waals surface area contributed by atoms with Crippen LogP contribution in [0.1, 0.15) is 42.9 Å². The Balaban J connectivity index is 1.77. The van der Waals surface area contributed by atoms with Gasteiger partial charge in [0.1, 0.15) is 6.04 Å². The van der Waals surface area contributed by atoms with Crippen molar-refractivity contribution in [3.63, 3.8) is 0 Å². The summed E-state index contributed by atoms with van der Waals surface area (Å²) in [5.74, 6) is -1.28. The van der Waals surface area contributed by atoms with Crippen LogP contribution in [0.15, 0.2) is 42.9 Å². The molecule has 1 aliphatic carbocycles. The number of carbonyl (C=O) groups is 2. The highest BCUT2D eigenvalue weighted by Gasteiger charge is 2.34. The van der Waals surface area contributed by atoms with Gasteiger partial charge in [0.15, 0.2) is 0 Å². The van der Waals surface area contributed by atoms with Crippen molar-refractivity contribution >= 4 is 11.9 Å². The van der Waals surface area contributed by atoms with E-state index in [0.29, 0.717) is 5.69 Å². The fourth-order valence-corrected chi connectivity index (χ4v) is 3.67. The number of carboxylic acid groups (broad SMARTS) is 1. The van der Waals surface area contributed by atoms with Crippen molar-refractivity contribution in [2.75, 3.05) is 0 Å². The number of aromatic nitrogens is 2. The minimum Gasteiger partial charge on any atom is -0.480 e. The van der Waals surface area contributed by atoms with Crippen LogP contribution in [-0.4, -0.2) is 33.0 Å². The van der Waals surface area contributed by atoms with E-state index in [1.807, 2.05) is 30.3 Å². The van der Waals surface area contributed by atoms with Gasteiger partial charge in [-0.1, -0.05) is 43.2 Å². The number of H-pyrrole nitrogens is 1. The lowest BCUT2D eigenvalue weighted by molar-refractivity contribution is -0.142. The van der Waals surface area contributed by atoms with Crippen LogP contribution >= 0.6 is 0 Å². The first-order valence-electron chi connectivity index (χ1n) is 8.70. The zero-order valence-electron chi connectivity index (χ0n) is 14.0. The molecule has 2 unspecified atom stereocenters. The van der Waals surface area contributed by atoms with Gasteiger partial charge in [0.05, 0.1) is 12.2 Å². The largest absolute Gasteiger partial charge is 0.480 e. The van der Waals surface area contributed by atoms with Gasteiger partial charge in [-0.25, -0.2) is 9.78 Å². The number of amides is 1. The van der Waals surface area contributed by atoms with Gasteiger partial charge in [-0.3, -0.25) is 4.79 Å². The Morgan fingerprint density at radius 1 is 1.24 bits per heavy atom. The normalized spacial score (nSPS) is 17.1. The molecule has 0 bridgehead atoms. The third-order valence-electron chi connectivity index (χ3n) is 4.91. The molecule has 3 rings (SSSR count). The van der Waals surface area contributed by atoms with Gasteiger partial charge in [0.2, 0.25) is 5.91 Å². The Morgan fingerprint density at radius 2 is 1.96 bits per heavy atom. The highest BCUT2D eigenvalue weighted by molar-refractivity contribution is 5.88. The van der Waals surface area contributed by atoms with E-state index in [4.69, 9.17) is 0 Å². The summed E-state index contributed by atoms with van der Waals surface area (Å²) in [6.45, 7) is 0. The Hall–Kier alpha value is -2.63. The lowest BCUT2D eigenvalue weighted by atomic mass is 9.84. The van der Waals surface area contributed by atoms with Gasteiger partial charge in [0.25, 0.3) is 0 Å². The molecule has 0 spiro atoms. The molecule has 1 aromatic heterocycles. The first kappa shape index (κ1) is 17.2. The Kier molecular flexibility index (Phi) is 5.48. The molecule has 1 saturated carbocycles. The van der Waals surface area contributed by atoms with Gasteiger partial charge >= 0.3 is 5.97 Å². The lowest BCUT2D eigenvalue weighted by Gasteiger charge is -2.25. The maximum atomic E-state index is 13.0. The number of carbonyl (C=O) groups excluding carboxylic acids is 1. The average Bonchev–Trinajstić information content (AvgIpc) is 3.29. The fraction of sp³-hybridized carbons (Fsp3) is 0.421. The van der Waals surface area contributed by atoms with Crippen molar-refractivity contribution in [1.82, 2.24) is 15.3 Å². The number of hydrogen-bond acceptors (Lipinski definition) is 3. The summed E-state index contributed by atoms with van der Waals surface area (Å²) < 4.78 is 0. The van der Waals surface area contributed by atoms with E-state index in [1.54, 1.807) is 6.20 Å². The van der Waals surface area contributed by atoms with Crippen LogP contribution in [0.3, 0.4) is 0 Å². The zero-order chi connectivity index (χ0) is 17.6. The summed E-state index contributed by atoms with van der Waals surface area (Å²) in [6, 6.07) is 8.69. The Labute approximate surface area is 146 Å². The molecule has 1 amide bonds. The zero-order valence-corrected chi connectivity index (χ0v) is 14.0. The number of rotatable bonds is 7. The maximum absolute atomic E-state index is 13.0. The third kappa shape index (κ3) is 4.26. The highest BCUT2D eigenvalue weighted by Crippen LogP contribution is 2.37. The monoisotopic (exact) mass is 341 g/mol. The van der Waals surface area contributed by atoms with Gasteiger partial charge in [0, 0.05) is 18.3 Å². The second-order valence-corrected chi connectivity index (χ2v) is 6.61. The predicted octanol–water partition coefficient (Wildman–Crippen LogP) is 2.50. The molecule has 2 aromatic rings. The van der Waals surface area contributed by atoms with Crippen molar-refractivity contribution < 1.29 is 14.7 Å².